The van der Waals surface area contributed by atoms with E-state index in [9.17, 15) is 4.79 Å². The highest BCUT2D eigenvalue weighted by Gasteiger charge is 2.18. The number of halogens is 1. The number of carbonyl (C=O) groups excluding carboxylic acids is 1. The van der Waals surface area contributed by atoms with E-state index in [4.69, 9.17) is 0 Å². The summed E-state index contributed by atoms with van der Waals surface area (Å²) in [5.74, 6) is 1.26. The molecule has 132 valence electrons. The summed E-state index contributed by atoms with van der Waals surface area (Å²) >= 11 is 3.37. The van der Waals surface area contributed by atoms with Crippen LogP contribution < -0.4 is 15.1 Å². The van der Waals surface area contributed by atoms with Crippen molar-refractivity contribution in [3.63, 3.8) is 0 Å². The van der Waals surface area contributed by atoms with Crippen LogP contribution in [0.3, 0.4) is 0 Å². The minimum atomic E-state index is -0.176. The lowest BCUT2D eigenvalue weighted by Gasteiger charge is -2.28. The number of hydrogen-bond acceptors (Lipinski definition) is 5. The van der Waals surface area contributed by atoms with Crippen molar-refractivity contribution >= 4 is 39.3 Å². The number of rotatable bonds is 4. The molecule has 0 spiro atoms. The van der Waals surface area contributed by atoms with Crippen molar-refractivity contribution in [1.82, 2.24) is 9.97 Å². The van der Waals surface area contributed by atoms with Gasteiger partial charge in [0.1, 0.15) is 5.69 Å². The Morgan fingerprint density at radius 1 is 1.16 bits per heavy atom. The van der Waals surface area contributed by atoms with Crippen LogP contribution in [-0.4, -0.2) is 43.1 Å². The zero-order valence-electron chi connectivity index (χ0n) is 14.5. The van der Waals surface area contributed by atoms with Gasteiger partial charge in [0, 0.05) is 37.2 Å². The SMILES string of the molecule is CN(C)c1nc(N2CCCCC2)ncc1NC(=O)c1ccc(Br)cc1. The van der Waals surface area contributed by atoms with E-state index in [1.807, 2.05) is 31.1 Å². The van der Waals surface area contributed by atoms with Crippen molar-refractivity contribution in [2.24, 2.45) is 0 Å². The summed E-state index contributed by atoms with van der Waals surface area (Å²) in [5.41, 5.74) is 1.20. The first-order valence-electron chi connectivity index (χ1n) is 8.41. The first kappa shape index (κ1) is 17.7. The van der Waals surface area contributed by atoms with Gasteiger partial charge in [0.25, 0.3) is 5.91 Å². The Labute approximate surface area is 156 Å². The van der Waals surface area contributed by atoms with Crippen molar-refractivity contribution in [2.75, 3.05) is 42.3 Å². The molecule has 2 heterocycles. The van der Waals surface area contributed by atoms with Crippen molar-refractivity contribution < 1.29 is 4.79 Å². The minimum absolute atomic E-state index is 0.176. The second-order valence-electron chi connectivity index (χ2n) is 6.31. The van der Waals surface area contributed by atoms with Crippen molar-refractivity contribution in [1.29, 1.82) is 0 Å². The number of carbonyl (C=O) groups is 1. The highest BCUT2D eigenvalue weighted by atomic mass is 79.9. The molecular weight excluding hydrogens is 382 g/mol. The van der Waals surface area contributed by atoms with Crippen LogP contribution in [0.1, 0.15) is 29.6 Å². The van der Waals surface area contributed by atoms with Gasteiger partial charge >= 0.3 is 0 Å². The van der Waals surface area contributed by atoms with Gasteiger partial charge in [-0.1, -0.05) is 15.9 Å². The summed E-state index contributed by atoms with van der Waals surface area (Å²) < 4.78 is 0.937. The quantitative estimate of drug-likeness (QED) is 0.845. The molecule has 1 saturated heterocycles. The summed E-state index contributed by atoms with van der Waals surface area (Å²) in [6, 6.07) is 7.24. The molecule has 0 unspecified atom stereocenters. The fraction of sp³-hybridized carbons (Fsp3) is 0.389. The molecule has 3 rings (SSSR count). The third-order valence-electron chi connectivity index (χ3n) is 4.17. The molecule has 1 aliphatic rings. The number of nitrogens with zero attached hydrogens (tertiary/aromatic N) is 4. The summed E-state index contributed by atoms with van der Waals surface area (Å²) in [6.07, 6.45) is 5.30. The lowest BCUT2D eigenvalue weighted by molar-refractivity contribution is 0.102. The molecule has 7 heteroatoms. The second-order valence-corrected chi connectivity index (χ2v) is 7.23. The fourth-order valence-electron chi connectivity index (χ4n) is 2.83. The van der Waals surface area contributed by atoms with Gasteiger partial charge in [-0.3, -0.25) is 4.79 Å². The number of hydrogen-bond donors (Lipinski definition) is 1. The van der Waals surface area contributed by atoms with Crippen LogP contribution in [0.15, 0.2) is 34.9 Å². The first-order chi connectivity index (χ1) is 12.0. The Balaban J connectivity index is 1.82. The van der Waals surface area contributed by atoms with Crippen LogP contribution in [0.5, 0.6) is 0 Å². The first-order valence-corrected chi connectivity index (χ1v) is 9.20. The molecule has 1 amide bonds. The molecule has 2 aromatic rings. The monoisotopic (exact) mass is 403 g/mol. The third-order valence-corrected chi connectivity index (χ3v) is 4.70. The summed E-state index contributed by atoms with van der Waals surface area (Å²) in [6.45, 7) is 1.97. The van der Waals surface area contributed by atoms with Gasteiger partial charge in [0.2, 0.25) is 5.95 Å². The maximum atomic E-state index is 12.5. The largest absolute Gasteiger partial charge is 0.361 e. The standard InChI is InChI=1S/C18H22BrN5O/c1-23(2)16-15(21-17(25)13-6-8-14(19)9-7-13)12-20-18(22-16)24-10-4-3-5-11-24/h6-9,12H,3-5,10-11H2,1-2H3,(H,21,25). The smallest absolute Gasteiger partial charge is 0.255 e. The van der Waals surface area contributed by atoms with E-state index in [0.29, 0.717) is 17.1 Å². The van der Waals surface area contributed by atoms with E-state index < -0.39 is 0 Å². The zero-order chi connectivity index (χ0) is 17.8. The molecule has 0 aliphatic carbocycles. The number of amides is 1. The number of nitrogens with one attached hydrogen (secondary N) is 1. The van der Waals surface area contributed by atoms with Gasteiger partial charge in [-0.2, -0.15) is 4.98 Å². The Morgan fingerprint density at radius 2 is 1.84 bits per heavy atom. The van der Waals surface area contributed by atoms with E-state index in [-0.39, 0.29) is 5.91 Å². The van der Waals surface area contributed by atoms with Crippen molar-refractivity contribution in [3.8, 4) is 0 Å². The molecule has 1 aromatic heterocycles. The predicted octanol–water partition coefficient (Wildman–Crippen LogP) is 3.55. The summed E-state index contributed by atoms with van der Waals surface area (Å²) in [7, 11) is 3.83. The summed E-state index contributed by atoms with van der Waals surface area (Å²) in [5, 5.41) is 2.92. The molecule has 0 radical (unpaired) electrons. The molecule has 1 fully saturated rings. The normalized spacial score (nSPS) is 14.3. The van der Waals surface area contributed by atoms with Crippen molar-refractivity contribution in [3.05, 3.63) is 40.5 Å². The van der Waals surface area contributed by atoms with E-state index in [2.05, 4.69) is 36.1 Å². The van der Waals surface area contributed by atoms with E-state index in [0.717, 1.165) is 23.5 Å². The van der Waals surface area contributed by atoms with Crippen LogP contribution in [0.4, 0.5) is 17.5 Å². The van der Waals surface area contributed by atoms with E-state index >= 15 is 0 Å². The van der Waals surface area contributed by atoms with Crippen LogP contribution >= 0.6 is 15.9 Å². The highest BCUT2D eigenvalue weighted by molar-refractivity contribution is 9.10. The van der Waals surface area contributed by atoms with Gasteiger partial charge in [0.05, 0.1) is 6.20 Å². The number of piperidine rings is 1. The van der Waals surface area contributed by atoms with Gasteiger partial charge < -0.3 is 15.1 Å². The Morgan fingerprint density at radius 3 is 2.48 bits per heavy atom. The highest BCUT2D eigenvalue weighted by Crippen LogP contribution is 2.25. The number of anilines is 3. The molecule has 1 aliphatic heterocycles. The summed E-state index contributed by atoms with van der Waals surface area (Å²) in [4.78, 5) is 25.7. The maximum absolute atomic E-state index is 12.5. The van der Waals surface area contributed by atoms with Gasteiger partial charge in [-0.25, -0.2) is 4.98 Å². The maximum Gasteiger partial charge on any atom is 0.255 e. The number of benzene rings is 1. The van der Waals surface area contributed by atoms with Crippen LogP contribution in [0.25, 0.3) is 0 Å². The van der Waals surface area contributed by atoms with E-state index in [1.54, 1.807) is 18.3 Å². The molecule has 0 saturated carbocycles. The molecule has 1 N–H and O–H groups in total. The van der Waals surface area contributed by atoms with Crippen LogP contribution in [0.2, 0.25) is 0 Å². The lowest BCUT2D eigenvalue weighted by atomic mass is 10.1. The van der Waals surface area contributed by atoms with Crippen molar-refractivity contribution in [2.45, 2.75) is 19.3 Å². The predicted molar refractivity (Wildman–Crippen MR) is 105 cm³/mol. The average Bonchev–Trinajstić information content (AvgIpc) is 2.63. The van der Waals surface area contributed by atoms with Gasteiger partial charge in [-0.15, -0.1) is 0 Å². The van der Waals surface area contributed by atoms with E-state index in [1.165, 1.54) is 19.3 Å². The molecule has 25 heavy (non-hydrogen) atoms. The van der Waals surface area contributed by atoms with Gasteiger partial charge in [0.15, 0.2) is 5.82 Å². The fourth-order valence-corrected chi connectivity index (χ4v) is 3.10. The molecule has 6 nitrogen and oxygen atoms in total. The topological polar surface area (TPSA) is 61.4 Å². The van der Waals surface area contributed by atoms with Crippen LogP contribution in [-0.2, 0) is 0 Å². The molecule has 1 aromatic carbocycles. The van der Waals surface area contributed by atoms with Gasteiger partial charge in [-0.05, 0) is 43.5 Å². The molecule has 0 atom stereocenters. The Kier molecular flexibility index (Phi) is 5.53. The lowest BCUT2D eigenvalue weighted by Crippen LogP contribution is -2.31. The Bertz CT molecular complexity index is 742. The average molecular weight is 404 g/mol. The second kappa shape index (κ2) is 7.82. The molecular formula is C18H22BrN5O. The molecule has 0 bridgehead atoms. The zero-order valence-corrected chi connectivity index (χ0v) is 16.1. The van der Waals surface area contributed by atoms with Crippen LogP contribution in [0, 0.1) is 0 Å². The minimum Gasteiger partial charge on any atom is -0.361 e. The number of aromatic nitrogens is 2. The Hall–Kier alpha value is -2.15. The third kappa shape index (κ3) is 4.28.